The highest BCUT2D eigenvalue weighted by Gasteiger charge is 2.36. The van der Waals surface area contributed by atoms with Crippen molar-refractivity contribution in [2.45, 2.75) is 122 Å². The van der Waals surface area contributed by atoms with E-state index in [0.717, 1.165) is 0 Å². The van der Waals surface area contributed by atoms with Crippen LogP contribution in [0.5, 0.6) is 0 Å². The van der Waals surface area contributed by atoms with Crippen LogP contribution in [0.2, 0.25) is 0 Å². The predicted octanol–water partition coefficient (Wildman–Crippen LogP) is -5.14. The molecule has 54 heavy (non-hydrogen) atoms. The average Bonchev–Trinajstić information content (AvgIpc) is 3.07. The monoisotopic (exact) mass is 775 g/mol. The lowest BCUT2D eigenvalue weighted by Crippen LogP contribution is -2.62. The second-order valence-electron chi connectivity index (χ2n) is 13.4. The molecule has 7 amide bonds. The van der Waals surface area contributed by atoms with Gasteiger partial charge in [0.1, 0.15) is 36.3 Å². The van der Waals surface area contributed by atoms with Crippen molar-refractivity contribution in [2.75, 3.05) is 13.2 Å². The number of carboxylic acid groups (broad SMARTS) is 2. The molecule has 0 spiro atoms. The van der Waals surface area contributed by atoms with Crippen molar-refractivity contribution in [3.05, 3.63) is 0 Å². The normalized spacial score (nSPS) is 15.6. The Balaban J connectivity index is 6.19. The first kappa shape index (κ1) is 49.1. The van der Waals surface area contributed by atoms with Crippen molar-refractivity contribution in [2.24, 2.45) is 29.0 Å². The van der Waals surface area contributed by atoms with Crippen LogP contribution in [-0.4, -0.2) is 135 Å². The maximum Gasteiger partial charge on any atom is 0.328 e. The number of carbonyl (C=O) groups excluding carboxylic acids is 7. The molecule has 0 aliphatic rings. The number of aliphatic hydroxyl groups excluding tert-OH is 2. The Kier molecular flexibility index (Phi) is 22.2. The van der Waals surface area contributed by atoms with E-state index in [-0.39, 0.29) is 12.3 Å². The Morgan fingerprint density at radius 2 is 1.06 bits per heavy atom. The number of primary amides is 1. The van der Waals surface area contributed by atoms with Crippen molar-refractivity contribution in [1.29, 1.82) is 0 Å². The van der Waals surface area contributed by atoms with Gasteiger partial charge in [0.15, 0.2) is 0 Å². The quantitative estimate of drug-likeness (QED) is 0.0366. The third-order valence-corrected chi connectivity index (χ3v) is 8.03. The first-order valence-corrected chi connectivity index (χ1v) is 17.4. The highest BCUT2D eigenvalue weighted by Crippen LogP contribution is 2.09. The number of unbranched alkanes of at least 4 members (excludes halogenated alkanes) is 1. The Bertz CT molecular complexity index is 1330. The lowest BCUT2D eigenvalue weighted by Gasteiger charge is -2.29. The van der Waals surface area contributed by atoms with Gasteiger partial charge in [-0.2, -0.15) is 0 Å². The average molecular weight is 776 g/mol. The highest BCUT2D eigenvalue weighted by atomic mass is 16.4. The molecule has 0 fully saturated rings. The second kappa shape index (κ2) is 24.4. The molecule has 0 saturated heterocycles. The summed E-state index contributed by atoms with van der Waals surface area (Å²) in [5.74, 6) is -11.1. The number of nitrogens with two attached hydrogens (primary N) is 3. The van der Waals surface area contributed by atoms with Gasteiger partial charge in [0, 0.05) is 6.42 Å². The first-order chi connectivity index (χ1) is 25.1. The first-order valence-electron chi connectivity index (χ1n) is 17.4. The molecule has 0 aromatic heterocycles. The number of carboxylic acids is 2. The van der Waals surface area contributed by atoms with Crippen LogP contribution >= 0.6 is 0 Å². The zero-order valence-electron chi connectivity index (χ0n) is 31.1. The van der Waals surface area contributed by atoms with Gasteiger partial charge in [-0.1, -0.05) is 27.7 Å². The Hall–Kier alpha value is -4.93. The maximum absolute atomic E-state index is 13.5. The van der Waals surface area contributed by atoms with E-state index in [0.29, 0.717) is 19.4 Å². The minimum Gasteiger partial charge on any atom is -0.481 e. The van der Waals surface area contributed by atoms with Crippen molar-refractivity contribution >= 4 is 53.3 Å². The molecule has 0 aliphatic heterocycles. The van der Waals surface area contributed by atoms with Gasteiger partial charge in [-0.05, 0) is 51.0 Å². The third-order valence-electron chi connectivity index (χ3n) is 8.03. The Labute approximate surface area is 312 Å². The lowest BCUT2D eigenvalue weighted by molar-refractivity contribution is -0.144. The predicted molar refractivity (Wildman–Crippen MR) is 189 cm³/mol. The summed E-state index contributed by atoms with van der Waals surface area (Å²) in [5.41, 5.74) is 16.8. The summed E-state index contributed by atoms with van der Waals surface area (Å²) >= 11 is 0. The molecule has 0 heterocycles. The number of nitrogens with one attached hydrogen (secondary N) is 6. The Morgan fingerprint density at radius 1 is 0.593 bits per heavy atom. The van der Waals surface area contributed by atoms with Crippen molar-refractivity contribution < 1.29 is 63.6 Å². The third kappa shape index (κ3) is 17.7. The van der Waals surface area contributed by atoms with Crippen molar-refractivity contribution in [3.63, 3.8) is 0 Å². The number of carbonyl (C=O) groups is 9. The second-order valence-corrected chi connectivity index (χ2v) is 13.4. The summed E-state index contributed by atoms with van der Waals surface area (Å²) < 4.78 is 0. The van der Waals surface area contributed by atoms with E-state index in [4.69, 9.17) is 27.4 Å². The molecule has 0 rings (SSSR count). The molecule has 8 atom stereocenters. The summed E-state index contributed by atoms with van der Waals surface area (Å²) in [7, 11) is 0. The van der Waals surface area contributed by atoms with Crippen molar-refractivity contribution in [1.82, 2.24) is 31.9 Å². The molecule has 308 valence electrons. The number of aliphatic carboxylic acids is 2. The summed E-state index contributed by atoms with van der Waals surface area (Å²) in [4.78, 5) is 113. The summed E-state index contributed by atoms with van der Waals surface area (Å²) in [5, 5.41) is 51.6. The molecule has 0 aromatic carbocycles. The molecule has 22 nitrogen and oxygen atoms in total. The molecule has 22 heteroatoms. The van der Waals surface area contributed by atoms with Crippen LogP contribution < -0.4 is 49.1 Å². The van der Waals surface area contributed by atoms with Gasteiger partial charge < -0.3 is 69.5 Å². The van der Waals surface area contributed by atoms with E-state index in [2.05, 4.69) is 26.6 Å². The molecule has 16 N–H and O–H groups in total. The standard InChI is InChI=1S/C32H57N9O13/c1-14(2)23(35)29(50)37-17(8-6-7-11-33)27(48)41-25(16(5)43)31(52)40-24(15(3)4)30(51)38-19(12-21(34)44)28(49)36-18(9-10-22(45)46)26(47)39-20(13-42)32(53)54/h14-20,23-25,42-43H,6-13,33,35H2,1-5H3,(H2,34,44)(H,36,49)(H,37,50)(H,38,51)(H,39,47)(H,40,52)(H,41,48)(H,45,46)(H,53,54)/t16-,17+,18+,19+,20+,23+,24+,25+/m1/s1. The number of aliphatic hydroxyl groups is 2. The van der Waals surface area contributed by atoms with Crippen LogP contribution in [0.15, 0.2) is 0 Å². The summed E-state index contributed by atoms with van der Waals surface area (Å²) in [6.45, 7) is 6.88. The molecule has 0 unspecified atom stereocenters. The van der Waals surface area contributed by atoms with Crippen LogP contribution in [-0.2, 0) is 43.2 Å². The van der Waals surface area contributed by atoms with Crippen molar-refractivity contribution in [3.8, 4) is 0 Å². The minimum atomic E-state index is -1.81. The summed E-state index contributed by atoms with van der Waals surface area (Å²) in [6, 6.07) is -10.6. The van der Waals surface area contributed by atoms with Gasteiger partial charge in [-0.3, -0.25) is 38.4 Å². The zero-order valence-corrected chi connectivity index (χ0v) is 31.1. The molecule has 0 saturated carbocycles. The van der Waals surface area contributed by atoms with Crippen LogP contribution in [0.4, 0.5) is 0 Å². The maximum atomic E-state index is 13.5. The van der Waals surface area contributed by atoms with Crippen LogP contribution in [0.1, 0.15) is 73.1 Å². The van der Waals surface area contributed by atoms with E-state index in [9.17, 15) is 53.4 Å². The molecule has 0 aromatic rings. The zero-order chi connectivity index (χ0) is 41.9. The fraction of sp³-hybridized carbons (Fsp3) is 0.719. The van der Waals surface area contributed by atoms with Gasteiger partial charge in [0.25, 0.3) is 0 Å². The van der Waals surface area contributed by atoms with E-state index in [1.807, 2.05) is 5.32 Å². The number of amides is 7. The van der Waals surface area contributed by atoms with Crippen LogP contribution in [0.25, 0.3) is 0 Å². The number of rotatable bonds is 26. The molecule has 0 radical (unpaired) electrons. The van der Waals surface area contributed by atoms with E-state index in [1.165, 1.54) is 20.8 Å². The Morgan fingerprint density at radius 3 is 1.52 bits per heavy atom. The van der Waals surface area contributed by atoms with E-state index in [1.54, 1.807) is 13.8 Å². The summed E-state index contributed by atoms with van der Waals surface area (Å²) in [6.07, 6.45) is -2.57. The SMILES string of the molecule is CC(C)[C@H](N)C(=O)N[C@@H](CCCCN)C(=O)N[C@H](C(=O)N[C@H](C(=O)N[C@@H](CC(N)=O)C(=O)N[C@@H](CCC(=O)O)C(=O)N[C@@H](CO)C(=O)O)C(C)C)[C@@H](C)O. The fourth-order valence-corrected chi connectivity index (χ4v) is 4.71. The molecule has 0 bridgehead atoms. The number of hydrogen-bond donors (Lipinski definition) is 13. The van der Waals surface area contributed by atoms with Gasteiger partial charge in [0.2, 0.25) is 41.4 Å². The van der Waals surface area contributed by atoms with E-state index < -0.39 is 133 Å². The molecular formula is C32H57N9O13. The van der Waals surface area contributed by atoms with Crippen LogP contribution in [0, 0.1) is 11.8 Å². The smallest absolute Gasteiger partial charge is 0.328 e. The van der Waals surface area contributed by atoms with E-state index >= 15 is 0 Å². The number of hydrogen-bond acceptors (Lipinski definition) is 13. The molecule has 0 aliphatic carbocycles. The highest BCUT2D eigenvalue weighted by molar-refractivity contribution is 5.98. The van der Waals surface area contributed by atoms with Gasteiger partial charge in [-0.15, -0.1) is 0 Å². The lowest BCUT2D eigenvalue weighted by atomic mass is 10.0. The van der Waals surface area contributed by atoms with Gasteiger partial charge in [0.05, 0.1) is 25.2 Å². The molecular weight excluding hydrogens is 718 g/mol. The largest absolute Gasteiger partial charge is 0.481 e. The van der Waals surface area contributed by atoms with Gasteiger partial charge in [-0.25, -0.2) is 4.79 Å². The van der Waals surface area contributed by atoms with Gasteiger partial charge >= 0.3 is 11.9 Å². The fourth-order valence-electron chi connectivity index (χ4n) is 4.71. The topological polar surface area (TPSA) is 385 Å². The minimum absolute atomic E-state index is 0.120. The van der Waals surface area contributed by atoms with Crippen LogP contribution in [0.3, 0.4) is 0 Å².